The second-order valence-corrected chi connectivity index (χ2v) is 5.44. The van der Waals surface area contributed by atoms with E-state index >= 15 is 0 Å². The molecule has 1 N–H and O–H groups in total. The second kappa shape index (κ2) is 6.52. The summed E-state index contributed by atoms with van der Waals surface area (Å²) in [6.45, 7) is 2.83. The Morgan fingerprint density at radius 2 is 1.90 bits per heavy atom. The van der Waals surface area contributed by atoms with E-state index in [1.807, 2.05) is 19.1 Å². The Labute approximate surface area is 126 Å². The molecule has 2 aromatic rings. The van der Waals surface area contributed by atoms with Gasteiger partial charge in [-0.25, -0.2) is 0 Å². The van der Waals surface area contributed by atoms with Crippen molar-refractivity contribution >= 4 is 27.3 Å². The minimum absolute atomic E-state index is 0.128. The number of nitrogens with zero attached hydrogens (tertiary/aromatic N) is 1. The SMILES string of the molecule is Cc1ccc(Br)c(NCCc2ccc([N+](=O)[O-])cc2)c1. The number of nitrogens with one attached hydrogen (secondary N) is 1. The molecule has 0 amide bonds. The van der Waals surface area contributed by atoms with E-state index in [4.69, 9.17) is 0 Å². The fraction of sp³-hybridized carbons (Fsp3) is 0.200. The molecule has 0 aromatic heterocycles. The molecule has 0 heterocycles. The number of nitro benzene ring substituents is 1. The first-order chi connectivity index (χ1) is 9.56. The predicted molar refractivity (Wildman–Crippen MR) is 84.2 cm³/mol. The van der Waals surface area contributed by atoms with Crippen molar-refractivity contribution in [2.75, 3.05) is 11.9 Å². The van der Waals surface area contributed by atoms with Gasteiger partial charge in [-0.2, -0.15) is 0 Å². The lowest BCUT2D eigenvalue weighted by atomic mass is 10.1. The largest absolute Gasteiger partial charge is 0.384 e. The van der Waals surface area contributed by atoms with E-state index in [-0.39, 0.29) is 10.6 Å². The van der Waals surface area contributed by atoms with Gasteiger partial charge in [0.1, 0.15) is 0 Å². The summed E-state index contributed by atoms with van der Waals surface area (Å²) in [5.41, 5.74) is 3.47. The first-order valence-electron chi connectivity index (χ1n) is 6.29. The van der Waals surface area contributed by atoms with Gasteiger partial charge >= 0.3 is 0 Å². The molecular formula is C15H15BrN2O2. The van der Waals surface area contributed by atoms with E-state index in [1.165, 1.54) is 17.7 Å². The van der Waals surface area contributed by atoms with Crippen LogP contribution >= 0.6 is 15.9 Å². The number of nitro groups is 1. The Balaban J connectivity index is 1.92. The summed E-state index contributed by atoms with van der Waals surface area (Å²) in [7, 11) is 0. The lowest BCUT2D eigenvalue weighted by Crippen LogP contribution is -2.05. The van der Waals surface area contributed by atoms with Crippen LogP contribution in [0, 0.1) is 17.0 Å². The Morgan fingerprint density at radius 3 is 2.55 bits per heavy atom. The molecule has 0 aliphatic heterocycles. The van der Waals surface area contributed by atoms with E-state index in [9.17, 15) is 10.1 Å². The van der Waals surface area contributed by atoms with Gasteiger partial charge in [0, 0.05) is 28.8 Å². The number of benzene rings is 2. The van der Waals surface area contributed by atoms with E-state index in [1.54, 1.807) is 12.1 Å². The highest BCUT2D eigenvalue weighted by atomic mass is 79.9. The van der Waals surface area contributed by atoms with Gasteiger partial charge in [-0.15, -0.1) is 0 Å². The minimum Gasteiger partial charge on any atom is -0.384 e. The van der Waals surface area contributed by atoms with Gasteiger partial charge in [-0.3, -0.25) is 10.1 Å². The molecule has 4 nitrogen and oxygen atoms in total. The number of non-ortho nitro benzene ring substituents is 1. The molecule has 0 spiro atoms. The Hall–Kier alpha value is -1.88. The van der Waals surface area contributed by atoms with Crippen LogP contribution in [-0.2, 0) is 6.42 Å². The highest BCUT2D eigenvalue weighted by Crippen LogP contribution is 2.23. The number of rotatable bonds is 5. The van der Waals surface area contributed by atoms with E-state index < -0.39 is 0 Å². The summed E-state index contributed by atoms with van der Waals surface area (Å²) in [5.74, 6) is 0. The average molecular weight is 335 g/mol. The molecule has 2 aromatic carbocycles. The maximum absolute atomic E-state index is 10.6. The average Bonchev–Trinajstić information content (AvgIpc) is 2.43. The Morgan fingerprint density at radius 1 is 1.20 bits per heavy atom. The van der Waals surface area contributed by atoms with Crippen molar-refractivity contribution in [2.45, 2.75) is 13.3 Å². The zero-order chi connectivity index (χ0) is 14.5. The third-order valence-corrected chi connectivity index (χ3v) is 3.69. The Bertz CT molecular complexity index is 612. The van der Waals surface area contributed by atoms with Crippen molar-refractivity contribution in [3.05, 3.63) is 68.2 Å². The summed E-state index contributed by atoms with van der Waals surface area (Å²) >= 11 is 3.50. The summed E-state index contributed by atoms with van der Waals surface area (Å²) < 4.78 is 1.03. The number of aryl methyl sites for hydroxylation is 1. The molecule has 5 heteroatoms. The molecule has 0 aliphatic rings. The molecule has 104 valence electrons. The molecule has 20 heavy (non-hydrogen) atoms. The zero-order valence-electron chi connectivity index (χ0n) is 11.1. The predicted octanol–water partition coefficient (Wildman–Crippen LogP) is 4.32. The van der Waals surface area contributed by atoms with Crippen LogP contribution in [0.5, 0.6) is 0 Å². The van der Waals surface area contributed by atoms with Crippen LogP contribution in [0.15, 0.2) is 46.9 Å². The van der Waals surface area contributed by atoms with Crippen molar-refractivity contribution in [1.29, 1.82) is 0 Å². The third kappa shape index (κ3) is 3.81. The summed E-state index contributed by atoms with van der Waals surface area (Å²) in [6, 6.07) is 12.8. The number of halogens is 1. The normalized spacial score (nSPS) is 10.3. The number of hydrogen-bond donors (Lipinski definition) is 1. The maximum atomic E-state index is 10.6. The van der Waals surface area contributed by atoms with Crippen molar-refractivity contribution in [1.82, 2.24) is 0 Å². The quantitative estimate of drug-likeness (QED) is 0.654. The van der Waals surface area contributed by atoms with Gasteiger partial charge in [0.15, 0.2) is 0 Å². The van der Waals surface area contributed by atoms with E-state index in [2.05, 4.69) is 27.3 Å². The van der Waals surface area contributed by atoms with Gasteiger partial charge in [0.25, 0.3) is 5.69 Å². The molecule has 0 unspecified atom stereocenters. The third-order valence-electron chi connectivity index (χ3n) is 3.00. The number of anilines is 1. The van der Waals surface area contributed by atoms with Gasteiger partial charge in [0.2, 0.25) is 0 Å². The molecule has 0 saturated carbocycles. The summed E-state index contributed by atoms with van der Waals surface area (Å²) in [4.78, 5) is 10.2. The Kier molecular flexibility index (Phi) is 4.74. The van der Waals surface area contributed by atoms with Crippen LogP contribution in [0.1, 0.15) is 11.1 Å². The van der Waals surface area contributed by atoms with Crippen molar-refractivity contribution < 1.29 is 4.92 Å². The molecule has 2 rings (SSSR count). The van der Waals surface area contributed by atoms with E-state index in [0.29, 0.717) is 0 Å². The van der Waals surface area contributed by atoms with Crippen LogP contribution in [0.2, 0.25) is 0 Å². The smallest absolute Gasteiger partial charge is 0.269 e. The second-order valence-electron chi connectivity index (χ2n) is 4.58. The van der Waals surface area contributed by atoms with Gasteiger partial charge in [0.05, 0.1) is 4.92 Å². The molecule has 0 fully saturated rings. The molecule has 0 atom stereocenters. The first-order valence-corrected chi connectivity index (χ1v) is 7.09. The lowest BCUT2D eigenvalue weighted by Gasteiger charge is -2.09. The fourth-order valence-electron chi connectivity index (χ4n) is 1.90. The van der Waals surface area contributed by atoms with Crippen LogP contribution in [0.4, 0.5) is 11.4 Å². The van der Waals surface area contributed by atoms with Gasteiger partial charge < -0.3 is 5.32 Å². The minimum atomic E-state index is -0.383. The van der Waals surface area contributed by atoms with Crippen LogP contribution in [0.3, 0.4) is 0 Å². The van der Waals surface area contributed by atoms with Crippen molar-refractivity contribution in [2.24, 2.45) is 0 Å². The first kappa shape index (κ1) is 14.5. The van der Waals surface area contributed by atoms with Crippen LogP contribution < -0.4 is 5.32 Å². The molecular weight excluding hydrogens is 320 g/mol. The van der Waals surface area contributed by atoms with Crippen LogP contribution in [-0.4, -0.2) is 11.5 Å². The summed E-state index contributed by atoms with van der Waals surface area (Å²) in [5, 5.41) is 13.9. The monoisotopic (exact) mass is 334 g/mol. The standard InChI is InChI=1S/C15H15BrN2O2/c1-11-2-7-14(16)15(10-11)17-9-8-12-3-5-13(6-4-12)18(19)20/h2-7,10,17H,8-9H2,1H3. The highest BCUT2D eigenvalue weighted by Gasteiger charge is 2.04. The summed E-state index contributed by atoms with van der Waals surface area (Å²) in [6.07, 6.45) is 0.818. The number of hydrogen-bond acceptors (Lipinski definition) is 3. The maximum Gasteiger partial charge on any atom is 0.269 e. The van der Waals surface area contributed by atoms with Crippen LogP contribution in [0.25, 0.3) is 0 Å². The van der Waals surface area contributed by atoms with Crippen molar-refractivity contribution in [3.8, 4) is 0 Å². The van der Waals surface area contributed by atoms with Gasteiger partial charge in [-0.05, 0) is 52.5 Å². The molecule has 0 radical (unpaired) electrons. The lowest BCUT2D eigenvalue weighted by molar-refractivity contribution is -0.384. The molecule has 0 bridgehead atoms. The fourth-order valence-corrected chi connectivity index (χ4v) is 2.29. The molecule has 0 saturated heterocycles. The molecule has 0 aliphatic carbocycles. The van der Waals surface area contributed by atoms with Gasteiger partial charge in [-0.1, -0.05) is 18.2 Å². The zero-order valence-corrected chi connectivity index (χ0v) is 12.7. The topological polar surface area (TPSA) is 55.2 Å². The van der Waals surface area contributed by atoms with Crippen molar-refractivity contribution in [3.63, 3.8) is 0 Å². The van der Waals surface area contributed by atoms with E-state index in [0.717, 1.165) is 28.7 Å². The highest BCUT2D eigenvalue weighted by molar-refractivity contribution is 9.10.